The Balaban J connectivity index is 0.000000195. The minimum Gasteiger partial charge on any atom is -0.506 e. The van der Waals surface area contributed by atoms with Crippen LogP contribution >= 0.6 is 90.4 Å². The largest absolute Gasteiger partial charge is 0.506 e. The number of rotatable bonds is 7. The van der Waals surface area contributed by atoms with Crippen LogP contribution in [-0.4, -0.2) is 82.6 Å². The number of phenols is 1. The summed E-state index contributed by atoms with van der Waals surface area (Å²) >= 11 is 8.42. The number of aromatic nitrogens is 1. The summed E-state index contributed by atoms with van der Waals surface area (Å²) in [5.74, 6) is -0.993. The Bertz CT molecular complexity index is 2010. The van der Waals surface area contributed by atoms with Crippen molar-refractivity contribution in [2.75, 3.05) is 44.7 Å². The zero-order valence-corrected chi connectivity index (χ0v) is 35.2. The fourth-order valence-electron chi connectivity index (χ4n) is 5.58. The number of phenolic OH excluding ortho intramolecular Hbond substituents is 1. The summed E-state index contributed by atoms with van der Waals surface area (Å²) in [6.45, 7) is 5.08. The van der Waals surface area contributed by atoms with Crippen LogP contribution in [0.2, 0.25) is 0 Å². The third-order valence-corrected chi connectivity index (χ3v) is 11.5. The molecule has 2 aliphatic rings. The summed E-state index contributed by atoms with van der Waals surface area (Å²) in [6, 6.07) is 7.34. The summed E-state index contributed by atoms with van der Waals surface area (Å²) in [6.07, 6.45) is 1.60. The molecule has 6 rings (SSSR count). The highest BCUT2D eigenvalue weighted by Gasteiger charge is 2.31. The number of pyridine rings is 1. The number of aliphatic carboxylic acids is 1. The van der Waals surface area contributed by atoms with Crippen molar-refractivity contribution in [3.05, 3.63) is 78.0 Å². The van der Waals surface area contributed by atoms with Crippen molar-refractivity contribution in [1.82, 2.24) is 9.47 Å². The minimum atomic E-state index is -1.32. The van der Waals surface area contributed by atoms with Gasteiger partial charge in [0.2, 0.25) is 5.43 Å². The summed E-state index contributed by atoms with van der Waals surface area (Å²) in [5.41, 5.74) is 6.22. The van der Waals surface area contributed by atoms with E-state index in [9.17, 15) is 29.0 Å². The molecule has 17 heteroatoms. The SMILES string of the molecule is C[C@H]1COc2c(N3CCN(C)CC3)c(F)cc3c(=O)c(C(=O)O)cn1c23.N[C@@H](Cc1cc(I)c(Oc2cc(I)c(O)c(I)c2)c(I)c1)C(=O)O. The second-order valence-corrected chi connectivity index (χ2v) is 16.5. The Morgan fingerprint density at radius 3 is 2.18 bits per heavy atom. The average molecular weight is 1140 g/mol. The predicted octanol–water partition coefficient (Wildman–Crippen LogP) is 6.10. The van der Waals surface area contributed by atoms with Gasteiger partial charge in [-0.15, -0.1) is 0 Å². The van der Waals surface area contributed by atoms with E-state index in [-0.39, 0.29) is 35.8 Å². The van der Waals surface area contributed by atoms with Crippen LogP contribution in [0, 0.1) is 20.1 Å². The van der Waals surface area contributed by atoms with Crippen molar-refractivity contribution < 1.29 is 38.8 Å². The lowest BCUT2D eigenvalue weighted by molar-refractivity contribution is -0.138. The molecular weight excluding hydrogens is 1110 g/mol. The molecule has 4 aromatic rings. The van der Waals surface area contributed by atoms with Gasteiger partial charge in [-0.2, -0.15) is 0 Å². The van der Waals surface area contributed by atoms with Crippen LogP contribution in [0.25, 0.3) is 10.9 Å². The third-order valence-electron chi connectivity index (χ3n) is 8.23. The molecule has 50 heavy (non-hydrogen) atoms. The number of benzene rings is 3. The number of ether oxygens (including phenoxy) is 2. The molecule has 0 bridgehead atoms. The van der Waals surface area contributed by atoms with E-state index in [4.69, 9.17) is 20.3 Å². The van der Waals surface area contributed by atoms with E-state index in [1.165, 1.54) is 6.20 Å². The van der Waals surface area contributed by atoms with Gasteiger partial charge in [-0.3, -0.25) is 9.59 Å². The van der Waals surface area contributed by atoms with Crippen LogP contribution in [0.1, 0.15) is 28.9 Å². The number of carbonyl (C=O) groups is 2. The maximum atomic E-state index is 15.0. The highest BCUT2D eigenvalue weighted by molar-refractivity contribution is 14.1. The molecule has 0 unspecified atom stereocenters. The number of hydrogen-bond donors (Lipinski definition) is 4. The zero-order valence-electron chi connectivity index (χ0n) is 26.6. The number of nitrogens with two attached hydrogens (primary N) is 1. The lowest BCUT2D eigenvalue weighted by Crippen LogP contribution is -2.45. The molecule has 5 N–H and O–H groups in total. The van der Waals surface area contributed by atoms with E-state index in [1.807, 2.05) is 31.0 Å². The number of halogens is 5. The van der Waals surface area contributed by atoms with Gasteiger partial charge in [-0.1, -0.05) is 0 Å². The maximum absolute atomic E-state index is 15.0. The standard InChI is InChI=1S/C18H20FN3O4.C15H11I4NO4/c1-10-9-26-17-14-11(16(23)12(18(24)25)8-22(10)14)7-13(19)15(17)21-5-3-20(2)4-6-21;16-8-4-7(5-9(17)13(8)21)24-14-10(18)1-6(2-11(14)19)3-12(20)15(22)23/h7-8,10H,3-6,9H2,1-2H3,(H,24,25);1-2,4-5,12,21H,3,20H2,(H,22,23)/t10-;12-/m00/s1. The van der Waals surface area contributed by atoms with E-state index in [2.05, 4.69) is 95.3 Å². The molecule has 1 fully saturated rings. The number of anilines is 1. The summed E-state index contributed by atoms with van der Waals surface area (Å²) in [5, 5.41) is 28.1. The first-order valence-corrected chi connectivity index (χ1v) is 19.4. The molecule has 0 aliphatic carbocycles. The third kappa shape index (κ3) is 8.36. The molecule has 1 saturated heterocycles. The number of hydrogen-bond acceptors (Lipinski definition) is 9. The van der Waals surface area contributed by atoms with Gasteiger partial charge in [0, 0.05) is 32.4 Å². The fraction of sp³-hybridized carbons (Fsp3) is 0.303. The van der Waals surface area contributed by atoms with Crippen molar-refractivity contribution >= 4 is 119 Å². The van der Waals surface area contributed by atoms with Gasteiger partial charge < -0.3 is 44.9 Å². The highest BCUT2D eigenvalue weighted by Crippen LogP contribution is 2.42. The Kier molecular flexibility index (Phi) is 12.6. The first kappa shape index (κ1) is 39.0. The van der Waals surface area contributed by atoms with Crippen LogP contribution in [0.5, 0.6) is 23.0 Å². The van der Waals surface area contributed by atoms with Gasteiger partial charge in [-0.25, -0.2) is 9.18 Å². The highest BCUT2D eigenvalue weighted by atomic mass is 127. The molecule has 3 aromatic carbocycles. The van der Waals surface area contributed by atoms with Crippen molar-refractivity contribution in [3.8, 4) is 23.0 Å². The molecule has 0 spiro atoms. The van der Waals surface area contributed by atoms with Crippen LogP contribution in [-0.2, 0) is 11.2 Å². The van der Waals surface area contributed by atoms with E-state index >= 15 is 0 Å². The quantitative estimate of drug-likeness (QED) is 0.158. The molecule has 2 aliphatic heterocycles. The average Bonchev–Trinajstić information content (AvgIpc) is 3.04. The molecule has 0 radical (unpaired) electrons. The fourth-order valence-corrected chi connectivity index (χ4v) is 9.41. The molecule has 12 nitrogen and oxygen atoms in total. The van der Waals surface area contributed by atoms with Gasteiger partial charge in [0.25, 0.3) is 0 Å². The Morgan fingerprint density at radius 1 is 1.02 bits per heavy atom. The summed E-state index contributed by atoms with van der Waals surface area (Å²) < 4.78 is 31.7. The summed E-state index contributed by atoms with van der Waals surface area (Å²) in [4.78, 5) is 39.0. The van der Waals surface area contributed by atoms with Crippen molar-refractivity contribution in [1.29, 1.82) is 0 Å². The minimum absolute atomic E-state index is 0.0434. The van der Waals surface area contributed by atoms with Crippen LogP contribution in [0.15, 0.2) is 41.3 Å². The smallest absolute Gasteiger partial charge is 0.341 e. The van der Waals surface area contributed by atoms with E-state index in [0.29, 0.717) is 48.7 Å². The van der Waals surface area contributed by atoms with Crippen LogP contribution in [0.3, 0.4) is 0 Å². The molecule has 1 aromatic heterocycles. The van der Waals surface area contributed by atoms with E-state index in [1.54, 1.807) is 16.7 Å². The molecule has 2 atom stereocenters. The number of likely N-dealkylation sites (N-methyl/N-ethyl adjacent to an activating group) is 1. The van der Waals surface area contributed by atoms with Crippen LogP contribution < -0.4 is 25.5 Å². The topological polar surface area (TPSA) is 168 Å². The second-order valence-electron chi connectivity index (χ2n) is 11.8. The number of carboxylic acids is 2. The van der Waals surface area contributed by atoms with Crippen LogP contribution in [0.4, 0.5) is 10.1 Å². The zero-order chi connectivity index (χ0) is 36.6. The van der Waals surface area contributed by atoms with E-state index in [0.717, 1.165) is 31.9 Å². The number of aromatic hydroxyl groups is 1. The first-order valence-electron chi connectivity index (χ1n) is 15.1. The number of nitrogens with zero attached hydrogens (tertiary/aromatic N) is 3. The van der Waals surface area contributed by atoms with Gasteiger partial charge in [0.1, 0.15) is 35.4 Å². The molecule has 0 saturated carbocycles. The van der Waals surface area contributed by atoms with Gasteiger partial charge in [0.15, 0.2) is 17.3 Å². The number of carboxylic acid groups (broad SMARTS) is 2. The molecule has 0 amide bonds. The summed E-state index contributed by atoms with van der Waals surface area (Å²) in [7, 11) is 2.02. The van der Waals surface area contributed by atoms with E-state index < -0.39 is 29.2 Å². The maximum Gasteiger partial charge on any atom is 0.341 e. The van der Waals surface area contributed by atoms with Crippen molar-refractivity contribution in [2.24, 2.45) is 5.73 Å². The molecule has 3 heterocycles. The lowest BCUT2D eigenvalue weighted by atomic mass is 10.1. The monoisotopic (exact) mass is 1140 g/mol. The molecular formula is C33H31FI4N4O8. The Morgan fingerprint density at radius 2 is 1.62 bits per heavy atom. The lowest BCUT2D eigenvalue weighted by Gasteiger charge is -2.37. The first-order chi connectivity index (χ1) is 23.6. The second kappa shape index (κ2) is 16.2. The number of piperazine rings is 1. The molecule has 266 valence electrons. The van der Waals surface area contributed by atoms with Gasteiger partial charge in [0.05, 0.1) is 31.2 Å². The van der Waals surface area contributed by atoms with Gasteiger partial charge in [-0.05, 0) is 147 Å². The van der Waals surface area contributed by atoms with Crippen molar-refractivity contribution in [3.63, 3.8) is 0 Å². The predicted molar refractivity (Wildman–Crippen MR) is 220 cm³/mol. The Hall–Kier alpha value is -2.22. The van der Waals surface area contributed by atoms with Gasteiger partial charge >= 0.3 is 11.9 Å². The normalized spacial score (nSPS) is 16.3. The Labute approximate surface area is 340 Å². The number of aromatic carboxylic acids is 1. The van der Waals surface area contributed by atoms with Crippen molar-refractivity contribution in [2.45, 2.75) is 25.4 Å².